The molecule has 6 nitrogen and oxygen atoms in total. The lowest BCUT2D eigenvalue weighted by Crippen LogP contribution is -2.57. The lowest BCUT2D eigenvalue weighted by atomic mass is 10.1. The largest absolute Gasteiger partial charge is 0.454 e. The van der Waals surface area contributed by atoms with Crippen molar-refractivity contribution in [2.75, 3.05) is 19.6 Å². The molecule has 0 bridgehead atoms. The van der Waals surface area contributed by atoms with Gasteiger partial charge in [0.05, 0.1) is 11.1 Å². The first kappa shape index (κ1) is 23.7. The predicted molar refractivity (Wildman–Crippen MR) is 131 cm³/mol. The van der Waals surface area contributed by atoms with Gasteiger partial charge in [-0.2, -0.15) is 13.2 Å². The third-order valence-corrected chi connectivity index (χ3v) is 6.33. The Kier molecular flexibility index (Phi) is 6.30. The molecule has 1 fully saturated rings. The van der Waals surface area contributed by atoms with Gasteiger partial charge in [-0.05, 0) is 42.8 Å². The minimum absolute atomic E-state index is 0.117. The highest BCUT2D eigenvalue weighted by molar-refractivity contribution is 6.04. The molecule has 36 heavy (non-hydrogen) atoms. The van der Waals surface area contributed by atoms with E-state index in [0.29, 0.717) is 43.3 Å². The summed E-state index contributed by atoms with van der Waals surface area (Å²) in [6.45, 7) is 3.77. The Hall–Kier alpha value is -4.01. The Morgan fingerprint density at radius 1 is 1.03 bits per heavy atom. The van der Waals surface area contributed by atoms with Gasteiger partial charge in [-0.25, -0.2) is 9.79 Å². The molecule has 0 unspecified atom stereocenters. The number of halogens is 3. The van der Waals surface area contributed by atoms with Gasteiger partial charge in [0.2, 0.25) is 0 Å². The SMILES string of the molecule is C[C@@H]1CN(C2=Nc3cc(C(F)(F)F)ccc3Oc3ccccc32)CCN1C(=O)NCc1ccccc1. The van der Waals surface area contributed by atoms with Gasteiger partial charge in [0.25, 0.3) is 0 Å². The van der Waals surface area contributed by atoms with Gasteiger partial charge in [-0.1, -0.05) is 42.5 Å². The molecule has 1 saturated heterocycles. The second kappa shape index (κ2) is 9.56. The highest BCUT2D eigenvalue weighted by Crippen LogP contribution is 2.41. The quantitative estimate of drug-likeness (QED) is 0.490. The summed E-state index contributed by atoms with van der Waals surface area (Å²) in [7, 11) is 0. The molecule has 3 aromatic rings. The first-order chi connectivity index (χ1) is 17.3. The van der Waals surface area contributed by atoms with Crippen LogP contribution in [0.4, 0.5) is 23.7 Å². The van der Waals surface area contributed by atoms with Gasteiger partial charge in [-0.15, -0.1) is 0 Å². The van der Waals surface area contributed by atoms with Crippen molar-refractivity contribution in [3.8, 4) is 11.5 Å². The number of amides is 2. The number of ether oxygens (including phenoxy) is 1. The zero-order valence-electron chi connectivity index (χ0n) is 19.6. The van der Waals surface area contributed by atoms with Gasteiger partial charge in [0.1, 0.15) is 17.3 Å². The molecule has 186 valence electrons. The molecule has 5 rings (SSSR count). The average molecular weight is 495 g/mol. The van der Waals surface area contributed by atoms with E-state index in [9.17, 15) is 18.0 Å². The lowest BCUT2D eigenvalue weighted by Gasteiger charge is -2.41. The fourth-order valence-electron chi connectivity index (χ4n) is 4.47. The molecule has 2 heterocycles. The Labute approximate surface area is 207 Å². The molecule has 1 atom stereocenters. The minimum Gasteiger partial charge on any atom is -0.454 e. The highest BCUT2D eigenvalue weighted by Gasteiger charge is 2.34. The number of para-hydroxylation sites is 1. The molecular weight excluding hydrogens is 469 g/mol. The van der Waals surface area contributed by atoms with Crippen LogP contribution in [-0.4, -0.2) is 47.3 Å². The monoisotopic (exact) mass is 494 g/mol. The van der Waals surface area contributed by atoms with Crippen LogP contribution in [0.3, 0.4) is 0 Å². The fraction of sp³-hybridized carbons (Fsp3) is 0.259. The molecule has 0 aromatic heterocycles. The number of alkyl halides is 3. The summed E-state index contributed by atoms with van der Waals surface area (Å²) in [5.74, 6) is 1.31. The van der Waals surface area contributed by atoms with E-state index in [1.807, 2.05) is 60.4 Å². The maximum atomic E-state index is 13.4. The molecule has 3 aromatic carbocycles. The number of carbonyl (C=O) groups is 1. The Bertz CT molecular complexity index is 1290. The van der Waals surface area contributed by atoms with E-state index < -0.39 is 11.7 Å². The van der Waals surface area contributed by atoms with E-state index in [2.05, 4.69) is 10.3 Å². The number of aliphatic imine (C=N–C) groups is 1. The number of piperazine rings is 1. The fourth-order valence-corrected chi connectivity index (χ4v) is 4.47. The molecule has 2 amide bonds. The third-order valence-electron chi connectivity index (χ3n) is 6.33. The highest BCUT2D eigenvalue weighted by atomic mass is 19.4. The molecule has 9 heteroatoms. The second-order valence-electron chi connectivity index (χ2n) is 8.85. The number of hydrogen-bond donors (Lipinski definition) is 1. The van der Waals surface area contributed by atoms with Gasteiger partial charge in [0.15, 0.2) is 5.75 Å². The van der Waals surface area contributed by atoms with E-state index >= 15 is 0 Å². The zero-order valence-corrected chi connectivity index (χ0v) is 19.6. The van der Waals surface area contributed by atoms with Crippen molar-refractivity contribution in [3.63, 3.8) is 0 Å². The maximum Gasteiger partial charge on any atom is 0.416 e. The van der Waals surface area contributed by atoms with E-state index in [1.165, 1.54) is 6.07 Å². The topological polar surface area (TPSA) is 57.2 Å². The van der Waals surface area contributed by atoms with Crippen molar-refractivity contribution in [1.29, 1.82) is 0 Å². The zero-order chi connectivity index (χ0) is 25.3. The van der Waals surface area contributed by atoms with Crippen LogP contribution in [-0.2, 0) is 12.7 Å². The number of urea groups is 1. The van der Waals surface area contributed by atoms with Crippen LogP contribution >= 0.6 is 0 Å². The Morgan fingerprint density at radius 2 is 1.78 bits per heavy atom. The van der Waals surface area contributed by atoms with E-state index in [0.717, 1.165) is 17.7 Å². The third kappa shape index (κ3) is 4.86. The molecule has 0 radical (unpaired) electrons. The number of nitrogens with one attached hydrogen (secondary N) is 1. The summed E-state index contributed by atoms with van der Waals surface area (Å²) < 4.78 is 46.1. The molecule has 2 aliphatic heterocycles. The van der Waals surface area contributed by atoms with Crippen LogP contribution < -0.4 is 10.1 Å². The van der Waals surface area contributed by atoms with E-state index in [4.69, 9.17) is 4.74 Å². The molecule has 1 N–H and O–H groups in total. The molecular formula is C27H25F3N4O2. The first-order valence-electron chi connectivity index (χ1n) is 11.7. The second-order valence-corrected chi connectivity index (χ2v) is 8.85. The van der Waals surface area contributed by atoms with Gasteiger partial charge >= 0.3 is 12.2 Å². The van der Waals surface area contributed by atoms with Crippen LogP contribution in [0.15, 0.2) is 77.8 Å². The van der Waals surface area contributed by atoms with Gasteiger partial charge in [-0.3, -0.25) is 0 Å². The molecule has 0 spiro atoms. The van der Waals surface area contributed by atoms with Crippen molar-refractivity contribution in [1.82, 2.24) is 15.1 Å². The number of fused-ring (bicyclic) bond motifs is 2. The normalized spacial score (nSPS) is 17.3. The van der Waals surface area contributed by atoms with Crippen LogP contribution in [0.5, 0.6) is 11.5 Å². The summed E-state index contributed by atoms with van der Waals surface area (Å²) in [5, 5.41) is 2.96. The van der Waals surface area contributed by atoms with Crippen LogP contribution in [0.25, 0.3) is 0 Å². The number of carbonyl (C=O) groups excluding carboxylic acids is 1. The standard InChI is InChI=1S/C27H25F3N4O2/c1-18-17-33(13-14-34(18)26(35)31-16-19-7-3-2-4-8-19)25-21-9-5-6-10-23(21)36-24-12-11-20(27(28,29)30)15-22(24)32-25/h2-12,15,18H,13-14,16-17H2,1H3,(H,31,35)/t18-/m1/s1. The van der Waals surface area contributed by atoms with Crippen molar-refractivity contribution in [3.05, 3.63) is 89.5 Å². The van der Waals surface area contributed by atoms with Gasteiger partial charge < -0.3 is 19.9 Å². The van der Waals surface area contributed by atoms with E-state index in [1.54, 1.807) is 11.0 Å². The molecule has 0 aliphatic carbocycles. The van der Waals surface area contributed by atoms with E-state index in [-0.39, 0.29) is 23.5 Å². The number of benzene rings is 3. The summed E-state index contributed by atoms with van der Waals surface area (Å²) >= 11 is 0. The Morgan fingerprint density at radius 3 is 2.53 bits per heavy atom. The number of hydrogen-bond acceptors (Lipinski definition) is 4. The average Bonchev–Trinajstić information content (AvgIpc) is 3.03. The first-order valence-corrected chi connectivity index (χ1v) is 11.7. The van der Waals surface area contributed by atoms with Gasteiger partial charge in [0, 0.05) is 32.2 Å². The summed E-state index contributed by atoms with van der Waals surface area (Å²) in [5.41, 5.74) is 1.04. The summed E-state index contributed by atoms with van der Waals surface area (Å²) in [6, 6.07) is 20.0. The Balaban J connectivity index is 1.38. The minimum atomic E-state index is -4.49. The van der Waals surface area contributed by atoms with Crippen LogP contribution in [0, 0.1) is 0 Å². The smallest absolute Gasteiger partial charge is 0.416 e. The number of amidine groups is 1. The van der Waals surface area contributed by atoms with Crippen molar-refractivity contribution in [2.45, 2.75) is 25.7 Å². The lowest BCUT2D eigenvalue weighted by molar-refractivity contribution is -0.137. The predicted octanol–water partition coefficient (Wildman–Crippen LogP) is 5.81. The van der Waals surface area contributed by atoms with Crippen molar-refractivity contribution in [2.24, 2.45) is 4.99 Å². The number of rotatable bonds is 2. The van der Waals surface area contributed by atoms with Crippen LogP contribution in [0.2, 0.25) is 0 Å². The maximum absolute atomic E-state index is 13.4. The van der Waals surface area contributed by atoms with Crippen molar-refractivity contribution < 1.29 is 22.7 Å². The van der Waals surface area contributed by atoms with Crippen LogP contribution in [0.1, 0.15) is 23.6 Å². The molecule has 0 saturated carbocycles. The summed E-state index contributed by atoms with van der Waals surface area (Å²) in [6.07, 6.45) is -4.49. The number of nitrogens with zero attached hydrogens (tertiary/aromatic N) is 3. The summed E-state index contributed by atoms with van der Waals surface area (Å²) in [4.78, 5) is 21.3. The van der Waals surface area contributed by atoms with Crippen molar-refractivity contribution >= 4 is 17.6 Å². The molecule has 2 aliphatic rings.